The second-order valence-electron chi connectivity index (χ2n) is 5.69. The summed E-state index contributed by atoms with van der Waals surface area (Å²) in [6, 6.07) is 0. The maximum absolute atomic E-state index is 12.8. The molecule has 2 rings (SSSR count). The Balaban J connectivity index is 1.73. The molecule has 7 nitrogen and oxygen atoms in total. The minimum Gasteiger partial charge on any atom is -0.463 e. The van der Waals surface area contributed by atoms with Crippen LogP contribution >= 0.6 is 0 Å². The fraction of sp³-hybridized carbons (Fsp3) is 0.833. The summed E-state index contributed by atoms with van der Waals surface area (Å²) >= 11 is 0. The van der Waals surface area contributed by atoms with Crippen molar-refractivity contribution in [2.45, 2.75) is 30.9 Å². The molecule has 3 atom stereocenters. The van der Waals surface area contributed by atoms with E-state index in [4.69, 9.17) is 9.29 Å². The second kappa shape index (κ2) is 6.07. The monoisotopic (exact) mass is 342 g/mol. The molecule has 0 aliphatic heterocycles. The molecule has 0 aromatic heterocycles. The summed E-state index contributed by atoms with van der Waals surface area (Å²) in [5.41, 5.74) is 0. The van der Waals surface area contributed by atoms with Gasteiger partial charge >= 0.3 is 27.3 Å². The van der Waals surface area contributed by atoms with E-state index in [1.807, 2.05) is 0 Å². The van der Waals surface area contributed by atoms with E-state index in [1.165, 1.54) is 6.42 Å². The summed E-state index contributed by atoms with van der Waals surface area (Å²) in [4.78, 5) is 22.2. The number of ether oxygens (including phenoxy) is 2. The normalized spacial score (nSPS) is 27.7. The molecule has 0 spiro atoms. The molecular formula is C12H16F2O7S. The van der Waals surface area contributed by atoms with Crippen LogP contribution in [0.4, 0.5) is 8.78 Å². The number of rotatable bonds is 6. The lowest BCUT2D eigenvalue weighted by atomic mass is 9.90. The van der Waals surface area contributed by atoms with Gasteiger partial charge in [-0.05, 0) is 37.0 Å². The van der Waals surface area contributed by atoms with Crippen LogP contribution in [0.15, 0.2) is 0 Å². The van der Waals surface area contributed by atoms with Crippen molar-refractivity contribution in [3.8, 4) is 0 Å². The van der Waals surface area contributed by atoms with Crippen molar-refractivity contribution in [2.24, 2.45) is 17.8 Å². The Morgan fingerprint density at radius 1 is 1.18 bits per heavy atom. The molecule has 10 heteroatoms. The van der Waals surface area contributed by atoms with Crippen LogP contribution in [-0.2, 0) is 29.2 Å². The van der Waals surface area contributed by atoms with E-state index in [9.17, 15) is 26.8 Å². The first-order valence-corrected chi connectivity index (χ1v) is 8.23. The van der Waals surface area contributed by atoms with Gasteiger partial charge in [0, 0.05) is 0 Å². The Morgan fingerprint density at radius 2 is 1.86 bits per heavy atom. The number of alkyl halides is 2. The van der Waals surface area contributed by atoms with Crippen LogP contribution in [0, 0.1) is 17.8 Å². The number of hydrogen-bond acceptors (Lipinski definition) is 6. The molecule has 0 amide bonds. The Morgan fingerprint density at radius 3 is 2.36 bits per heavy atom. The fourth-order valence-corrected chi connectivity index (χ4v) is 3.41. The molecule has 0 heterocycles. The molecule has 22 heavy (non-hydrogen) atoms. The van der Waals surface area contributed by atoms with Gasteiger partial charge in [0.15, 0.2) is 6.61 Å². The van der Waals surface area contributed by atoms with E-state index in [-0.39, 0.29) is 12.5 Å². The van der Waals surface area contributed by atoms with E-state index in [2.05, 4.69) is 4.74 Å². The topological polar surface area (TPSA) is 107 Å². The number of carbonyl (C=O) groups excluding carboxylic acids is 2. The number of carbonyl (C=O) groups is 2. The molecule has 3 unspecified atom stereocenters. The Hall–Kier alpha value is -1.29. The Kier molecular flexibility index (Phi) is 4.71. The molecule has 2 aliphatic rings. The lowest BCUT2D eigenvalue weighted by Crippen LogP contribution is -2.39. The van der Waals surface area contributed by atoms with E-state index in [1.54, 1.807) is 0 Å². The smallest absolute Gasteiger partial charge is 0.463 e. The van der Waals surface area contributed by atoms with Crippen molar-refractivity contribution < 1.29 is 40.8 Å². The van der Waals surface area contributed by atoms with Crippen LogP contribution in [0.2, 0.25) is 0 Å². The van der Waals surface area contributed by atoms with Gasteiger partial charge in [-0.25, -0.2) is 9.59 Å². The molecule has 126 valence electrons. The summed E-state index contributed by atoms with van der Waals surface area (Å²) in [5.74, 6) is -2.17. The van der Waals surface area contributed by atoms with Crippen molar-refractivity contribution in [3.05, 3.63) is 0 Å². The molecule has 0 aromatic rings. The third-order valence-electron chi connectivity index (χ3n) is 4.23. The summed E-state index contributed by atoms with van der Waals surface area (Å²) in [6.07, 6.45) is 4.33. The van der Waals surface area contributed by atoms with E-state index in [0.717, 1.165) is 19.3 Å². The summed E-state index contributed by atoms with van der Waals surface area (Å²) in [6.45, 7) is -1.00. The molecule has 1 N–H and O–H groups in total. The maximum atomic E-state index is 12.8. The predicted molar refractivity (Wildman–Crippen MR) is 67.4 cm³/mol. The molecule has 2 bridgehead atoms. The van der Waals surface area contributed by atoms with Crippen LogP contribution in [0.5, 0.6) is 0 Å². The van der Waals surface area contributed by atoms with Crippen LogP contribution in [0.1, 0.15) is 25.7 Å². The fourth-order valence-electron chi connectivity index (χ4n) is 3.14. The first-order chi connectivity index (χ1) is 10.1. The molecule has 2 fully saturated rings. The van der Waals surface area contributed by atoms with Gasteiger partial charge in [-0.2, -0.15) is 17.2 Å². The van der Waals surface area contributed by atoms with Crippen molar-refractivity contribution in [3.63, 3.8) is 0 Å². The van der Waals surface area contributed by atoms with Crippen LogP contribution in [-0.4, -0.2) is 43.4 Å². The quantitative estimate of drug-likeness (QED) is 0.566. The van der Waals surface area contributed by atoms with E-state index < -0.39 is 33.9 Å². The average molecular weight is 342 g/mol. The highest BCUT2D eigenvalue weighted by Gasteiger charge is 2.54. The largest absolute Gasteiger partial charge is 0.465 e. The summed E-state index contributed by atoms with van der Waals surface area (Å²) < 4.78 is 63.2. The number of esters is 2. The minimum absolute atomic E-state index is 0.131. The lowest BCUT2D eigenvalue weighted by Gasteiger charge is -2.21. The Bertz CT molecular complexity index is 560. The van der Waals surface area contributed by atoms with Crippen molar-refractivity contribution in [1.29, 1.82) is 0 Å². The van der Waals surface area contributed by atoms with Gasteiger partial charge in [0.2, 0.25) is 0 Å². The minimum atomic E-state index is -5.94. The molecule has 2 saturated carbocycles. The average Bonchev–Trinajstić information content (AvgIpc) is 3.03. The van der Waals surface area contributed by atoms with E-state index in [0.29, 0.717) is 11.8 Å². The van der Waals surface area contributed by atoms with Crippen LogP contribution in [0.3, 0.4) is 0 Å². The van der Waals surface area contributed by atoms with E-state index >= 15 is 0 Å². The van der Waals surface area contributed by atoms with Crippen LogP contribution < -0.4 is 0 Å². The molecule has 0 saturated heterocycles. The van der Waals surface area contributed by atoms with Crippen molar-refractivity contribution in [2.75, 3.05) is 13.2 Å². The zero-order chi connectivity index (χ0) is 16.5. The molecule has 2 aliphatic carbocycles. The van der Waals surface area contributed by atoms with Gasteiger partial charge in [0.1, 0.15) is 0 Å². The van der Waals surface area contributed by atoms with Gasteiger partial charge in [0.25, 0.3) is 0 Å². The molecule has 0 radical (unpaired) electrons. The molecule has 0 aromatic carbocycles. The van der Waals surface area contributed by atoms with Gasteiger partial charge in [-0.15, -0.1) is 0 Å². The van der Waals surface area contributed by atoms with Gasteiger partial charge in [0.05, 0.1) is 6.61 Å². The maximum Gasteiger partial charge on any atom is 0.465 e. The molecular weight excluding hydrogens is 326 g/mol. The predicted octanol–water partition coefficient (Wildman–Crippen LogP) is 0.990. The number of hydrogen-bond donors (Lipinski definition) is 1. The van der Waals surface area contributed by atoms with Gasteiger partial charge < -0.3 is 9.47 Å². The third kappa shape index (κ3) is 3.54. The number of halogens is 2. The highest BCUT2D eigenvalue weighted by Crippen LogP contribution is 2.48. The second-order valence-corrected chi connectivity index (χ2v) is 7.15. The van der Waals surface area contributed by atoms with Gasteiger partial charge in [-0.3, -0.25) is 4.55 Å². The lowest BCUT2D eigenvalue weighted by molar-refractivity contribution is -0.170. The standard InChI is InChI=1S/C12H16F2O7S/c13-12(14,22(17,18)19)11(16)21-6-10(15)20-5-9-4-7-1-2-8(9)3-7/h7-9H,1-6H2,(H,17,18,19). The van der Waals surface area contributed by atoms with Gasteiger partial charge in [-0.1, -0.05) is 6.42 Å². The summed E-state index contributed by atoms with van der Waals surface area (Å²) in [7, 11) is -5.94. The third-order valence-corrected chi connectivity index (χ3v) is 5.04. The van der Waals surface area contributed by atoms with Crippen LogP contribution in [0.25, 0.3) is 0 Å². The summed E-state index contributed by atoms with van der Waals surface area (Å²) in [5, 5.41) is -5.11. The highest BCUT2D eigenvalue weighted by molar-refractivity contribution is 7.87. The zero-order valence-corrected chi connectivity index (χ0v) is 12.4. The highest BCUT2D eigenvalue weighted by atomic mass is 32.2. The van der Waals surface area contributed by atoms with Crippen molar-refractivity contribution in [1.82, 2.24) is 0 Å². The first kappa shape index (κ1) is 17.1. The first-order valence-electron chi connectivity index (χ1n) is 6.79. The Labute approximate surface area is 125 Å². The van der Waals surface area contributed by atoms with Crippen molar-refractivity contribution >= 4 is 22.1 Å². The SMILES string of the molecule is O=C(COC(=O)C(F)(F)S(=O)(=O)O)OCC1CC2CCC1C2. The zero-order valence-electron chi connectivity index (χ0n) is 11.5. The number of fused-ring (bicyclic) bond motifs is 2.